The number of halogens is 1. The van der Waals surface area contributed by atoms with Crippen LogP contribution in [-0.2, 0) is 16.6 Å². The molecular weight excluding hydrogens is 372 g/mol. The van der Waals surface area contributed by atoms with Crippen molar-refractivity contribution >= 4 is 26.0 Å². The summed E-state index contributed by atoms with van der Waals surface area (Å²) in [6, 6.07) is 6.50. The molecule has 0 amide bonds. The van der Waals surface area contributed by atoms with Crippen molar-refractivity contribution in [2.75, 3.05) is 14.2 Å². The standard InChI is InChI=1S/C14H15BrN2O4S/c1-20-12-7-13(21-2)14(6-11(12)15)22(18,19)17-9-10-4-3-5-16-8-10/h3-8,17H,9H2,1-2H3. The summed E-state index contributed by atoms with van der Waals surface area (Å²) in [4.78, 5) is 3.98. The van der Waals surface area contributed by atoms with Gasteiger partial charge in [0.15, 0.2) is 0 Å². The van der Waals surface area contributed by atoms with E-state index in [1.165, 1.54) is 26.4 Å². The fraction of sp³-hybridized carbons (Fsp3) is 0.214. The van der Waals surface area contributed by atoms with E-state index in [2.05, 4.69) is 25.6 Å². The fourth-order valence-electron chi connectivity index (χ4n) is 1.80. The third kappa shape index (κ3) is 3.76. The van der Waals surface area contributed by atoms with Gasteiger partial charge in [-0.1, -0.05) is 6.07 Å². The maximum Gasteiger partial charge on any atom is 0.244 e. The number of aromatic nitrogens is 1. The molecule has 0 spiro atoms. The second kappa shape index (κ2) is 7.08. The molecule has 118 valence electrons. The fourth-order valence-corrected chi connectivity index (χ4v) is 3.65. The first-order chi connectivity index (χ1) is 10.5. The number of nitrogens with one attached hydrogen (secondary N) is 1. The number of methoxy groups -OCH3 is 2. The number of sulfonamides is 1. The molecule has 0 bridgehead atoms. The van der Waals surface area contributed by atoms with Crippen molar-refractivity contribution in [1.29, 1.82) is 0 Å². The van der Waals surface area contributed by atoms with E-state index in [-0.39, 0.29) is 17.2 Å². The lowest BCUT2D eigenvalue weighted by molar-refractivity contribution is 0.384. The topological polar surface area (TPSA) is 77.5 Å². The highest BCUT2D eigenvalue weighted by atomic mass is 79.9. The van der Waals surface area contributed by atoms with Gasteiger partial charge in [0.25, 0.3) is 0 Å². The Morgan fingerprint density at radius 2 is 1.95 bits per heavy atom. The van der Waals surface area contributed by atoms with E-state index in [1.54, 1.807) is 24.5 Å². The highest BCUT2D eigenvalue weighted by molar-refractivity contribution is 9.10. The van der Waals surface area contributed by atoms with Crippen LogP contribution in [0.1, 0.15) is 5.56 Å². The van der Waals surface area contributed by atoms with E-state index in [0.717, 1.165) is 5.56 Å². The molecule has 1 aromatic carbocycles. The molecule has 1 heterocycles. The molecule has 0 aliphatic rings. The van der Waals surface area contributed by atoms with Gasteiger partial charge in [0.05, 0.1) is 18.7 Å². The van der Waals surface area contributed by atoms with Gasteiger partial charge in [-0.2, -0.15) is 0 Å². The zero-order chi connectivity index (χ0) is 16.2. The Hall–Kier alpha value is -1.64. The van der Waals surface area contributed by atoms with Crippen molar-refractivity contribution in [2.24, 2.45) is 0 Å². The Morgan fingerprint density at radius 1 is 1.23 bits per heavy atom. The van der Waals surface area contributed by atoms with Crippen LogP contribution in [0.4, 0.5) is 0 Å². The smallest absolute Gasteiger partial charge is 0.244 e. The van der Waals surface area contributed by atoms with Gasteiger partial charge in [-0.25, -0.2) is 13.1 Å². The van der Waals surface area contributed by atoms with E-state index in [4.69, 9.17) is 9.47 Å². The molecule has 0 radical (unpaired) electrons. The number of rotatable bonds is 6. The van der Waals surface area contributed by atoms with Gasteiger partial charge in [0.2, 0.25) is 10.0 Å². The third-order valence-corrected chi connectivity index (χ3v) is 4.96. The number of benzene rings is 1. The SMILES string of the molecule is COc1cc(OC)c(S(=O)(=O)NCc2cccnc2)cc1Br. The minimum atomic E-state index is -3.74. The lowest BCUT2D eigenvalue weighted by Crippen LogP contribution is -2.24. The second-order valence-corrected chi connectivity index (χ2v) is 6.91. The van der Waals surface area contributed by atoms with Crippen LogP contribution in [0.5, 0.6) is 11.5 Å². The molecule has 0 fully saturated rings. The summed E-state index contributed by atoms with van der Waals surface area (Å²) in [7, 11) is -0.837. The van der Waals surface area contributed by atoms with Gasteiger partial charge in [0.1, 0.15) is 16.4 Å². The lowest BCUT2D eigenvalue weighted by Gasteiger charge is -2.13. The van der Waals surface area contributed by atoms with Crippen molar-refractivity contribution in [2.45, 2.75) is 11.4 Å². The maximum atomic E-state index is 12.5. The largest absolute Gasteiger partial charge is 0.495 e. The van der Waals surface area contributed by atoms with Gasteiger partial charge >= 0.3 is 0 Å². The number of pyridine rings is 1. The molecule has 1 N–H and O–H groups in total. The average molecular weight is 387 g/mol. The second-order valence-electron chi connectivity index (χ2n) is 4.32. The first-order valence-electron chi connectivity index (χ1n) is 6.28. The van der Waals surface area contributed by atoms with E-state index in [0.29, 0.717) is 10.2 Å². The van der Waals surface area contributed by atoms with E-state index in [9.17, 15) is 8.42 Å². The number of ether oxygens (including phenoxy) is 2. The summed E-state index contributed by atoms with van der Waals surface area (Å²) in [6.07, 6.45) is 3.23. The lowest BCUT2D eigenvalue weighted by atomic mass is 10.3. The highest BCUT2D eigenvalue weighted by Crippen LogP contribution is 2.35. The molecular formula is C14H15BrN2O4S. The number of hydrogen-bond acceptors (Lipinski definition) is 5. The monoisotopic (exact) mass is 386 g/mol. The van der Waals surface area contributed by atoms with Crippen LogP contribution >= 0.6 is 15.9 Å². The predicted molar refractivity (Wildman–Crippen MR) is 85.5 cm³/mol. The van der Waals surface area contributed by atoms with Crippen LogP contribution < -0.4 is 14.2 Å². The van der Waals surface area contributed by atoms with Crippen molar-refractivity contribution in [3.05, 3.63) is 46.7 Å². The maximum absolute atomic E-state index is 12.5. The Bertz CT molecular complexity index is 751. The summed E-state index contributed by atoms with van der Waals surface area (Å²) < 4.78 is 38.3. The first-order valence-corrected chi connectivity index (χ1v) is 8.55. The molecule has 2 rings (SSSR count). The minimum absolute atomic E-state index is 0.0339. The molecule has 22 heavy (non-hydrogen) atoms. The van der Waals surface area contributed by atoms with Crippen LogP contribution in [0.25, 0.3) is 0 Å². The van der Waals surface area contributed by atoms with Crippen LogP contribution in [0, 0.1) is 0 Å². The molecule has 0 aliphatic carbocycles. The molecule has 0 aliphatic heterocycles. The van der Waals surface area contributed by atoms with Crippen LogP contribution in [0.2, 0.25) is 0 Å². The Labute approximate surface area is 137 Å². The minimum Gasteiger partial charge on any atom is -0.495 e. The van der Waals surface area contributed by atoms with Gasteiger partial charge in [-0.3, -0.25) is 4.98 Å². The van der Waals surface area contributed by atoms with Crippen molar-refractivity contribution in [1.82, 2.24) is 9.71 Å². The Balaban J connectivity index is 2.31. The quantitative estimate of drug-likeness (QED) is 0.824. The normalized spacial score (nSPS) is 11.2. The zero-order valence-electron chi connectivity index (χ0n) is 12.0. The summed E-state index contributed by atoms with van der Waals surface area (Å²) in [6.45, 7) is 0.142. The molecule has 0 saturated heterocycles. The molecule has 0 atom stereocenters. The van der Waals surface area contributed by atoms with Crippen LogP contribution in [0.3, 0.4) is 0 Å². The van der Waals surface area contributed by atoms with Crippen LogP contribution in [-0.4, -0.2) is 27.6 Å². The van der Waals surface area contributed by atoms with Crippen LogP contribution in [0.15, 0.2) is 46.0 Å². The van der Waals surface area contributed by atoms with Crippen molar-refractivity contribution < 1.29 is 17.9 Å². The van der Waals surface area contributed by atoms with Gasteiger partial charge in [-0.05, 0) is 33.6 Å². The Morgan fingerprint density at radius 3 is 2.55 bits per heavy atom. The first kappa shape index (κ1) is 16.7. The van der Waals surface area contributed by atoms with Gasteiger partial charge < -0.3 is 9.47 Å². The zero-order valence-corrected chi connectivity index (χ0v) is 14.4. The summed E-state index contributed by atoms with van der Waals surface area (Å²) in [5.74, 6) is 0.696. The third-order valence-electron chi connectivity index (χ3n) is 2.92. The van der Waals surface area contributed by atoms with E-state index >= 15 is 0 Å². The number of hydrogen-bond donors (Lipinski definition) is 1. The average Bonchev–Trinajstić information content (AvgIpc) is 2.53. The van der Waals surface area contributed by atoms with Gasteiger partial charge in [-0.15, -0.1) is 0 Å². The Kier molecular flexibility index (Phi) is 5.38. The summed E-state index contributed by atoms with van der Waals surface area (Å²) in [5, 5.41) is 0. The van der Waals surface area contributed by atoms with E-state index in [1.807, 2.05) is 0 Å². The molecule has 6 nitrogen and oxygen atoms in total. The van der Waals surface area contributed by atoms with E-state index < -0.39 is 10.0 Å². The highest BCUT2D eigenvalue weighted by Gasteiger charge is 2.21. The summed E-state index contributed by atoms with van der Waals surface area (Å²) >= 11 is 3.28. The molecule has 0 saturated carbocycles. The van der Waals surface area contributed by atoms with Crippen molar-refractivity contribution in [3.8, 4) is 11.5 Å². The predicted octanol–water partition coefficient (Wildman–Crippen LogP) is 2.34. The molecule has 0 unspecified atom stereocenters. The van der Waals surface area contributed by atoms with Gasteiger partial charge in [0, 0.05) is 25.0 Å². The number of nitrogens with zero attached hydrogens (tertiary/aromatic N) is 1. The molecule has 1 aromatic heterocycles. The molecule has 2 aromatic rings. The molecule has 8 heteroatoms. The summed E-state index contributed by atoms with van der Waals surface area (Å²) in [5.41, 5.74) is 0.762. The van der Waals surface area contributed by atoms with Crippen molar-refractivity contribution in [3.63, 3.8) is 0 Å².